The molecule has 6 heteroatoms. The molecule has 0 saturated carbocycles. The van der Waals surface area contributed by atoms with Crippen molar-refractivity contribution in [2.75, 3.05) is 16.8 Å². The van der Waals surface area contributed by atoms with Gasteiger partial charge in [0.25, 0.3) is 5.91 Å². The fourth-order valence-electron chi connectivity index (χ4n) is 3.42. The van der Waals surface area contributed by atoms with E-state index in [4.69, 9.17) is 4.42 Å². The van der Waals surface area contributed by atoms with E-state index in [1.807, 2.05) is 42.6 Å². The highest BCUT2D eigenvalue weighted by Gasteiger charge is 2.45. The van der Waals surface area contributed by atoms with Crippen molar-refractivity contribution in [1.82, 2.24) is 4.98 Å². The fraction of sp³-hybridized carbons (Fsp3) is 0.412. The number of aromatic nitrogens is 1. The number of fused-ring (bicyclic) bond motifs is 2. The van der Waals surface area contributed by atoms with Crippen molar-refractivity contribution < 1.29 is 9.21 Å². The fourth-order valence-corrected chi connectivity index (χ4v) is 6.98. The number of amides is 1. The summed E-state index contributed by atoms with van der Waals surface area (Å²) in [5.41, 5.74) is 2.26. The van der Waals surface area contributed by atoms with Crippen molar-refractivity contribution in [3.05, 3.63) is 47.0 Å². The van der Waals surface area contributed by atoms with Crippen LogP contribution in [0.5, 0.6) is 0 Å². The maximum absolute atomic E-state index is 12.6. The molecule has 1 aliphatic heterocycles. The molecule has 0 aromatic carbocycles. The zero-order chi connectivity index (χ0) is 15.9. The summed E-state index contributed by atoms with van der Waals surface area (Å²) < 4.78 is 6.09. The average Bonchev–Trinajstić information content (AvgIpc) is 3.15. The molecule has 0 unspecified atom stereocenters. The predicted molar refractivity (Wildman–Crippen MR) is 95.2 cm³/mol. The van der Waals surface area contributed by atoms with Gasteiger partial charge >= 0.3 is 0 Å². The molecule has 1 fully saturated rings. The van der Waals surface area contributed by atoms with Crippen molar-refractivity contribution in [1.29, 1.82) is 0 Å². The number of nitrogens with zero attached hydrogens (tertiary/aromatic N) is 1. The van der Waals surface area contributed by atoms with Gasteiger partial charge in [0, 0.05) is 35.3 Å². The Morgan fingerprint density at radius 3 is 2.91 bits per heavy atom. The SMILES string of the molecule is Cc1c(C(=O)Nc2ccccn2)oc2c1C1(CCC2)SCCS1. The first kappa shape index (κ1) is 15.1. The van der Waals surface area contributed by atoms with Gasteiger partial charge in [-0.1, -0.05) is 6.07 Å². The second kappa shape index (κ2) is 5.91. The maximum Gasteiger partial charge on any atom is 0.292 e. The van der Waals surface area contributed by atoms with Gasteiger partial charge in [-0.15, -0.1) is 23.5 Å². The van der Waals surface area contributed by atoms with Crippen LogP contribution in [0.3, 0.4) is 0 Å². The third-order valence-electron chi connectivity index (χ3n) is 4.38. The van der Waals surface area contributed by atoms with Crippen molar-refractivity contribution in [3.8, 4) is 0 Å². The third kappa shape index (κ3) is 2.58. The summed E-state index contributed by atoms with van der Waals surface area (Å²) in [5, 5.41) is 2.83. The van der Waals surface area contributed by atoms with E-state index >= 15 is 0 Å². The number of aryl methyl sites for hydroxylation is 1. The van der Waals surface area contributed by atoms with Crippen LogP contribution in [0.1, 0.15) is 40.3 Å². The third-order valence-corrected chi connectivity index (χ3v) is 7.91. The molecular formula is C17H18N2O2S2. The molecular weight excluding hydrogens is 328 g/mol. The van der Waals surface area contributed by atoms with Crippen molar-refractivity contribution in [2.24, 2.45) is 0 Å². The molecule has 0 radical (unpaired) electrons. The number of nitrogens with one attached hydrogen (secondary N) is 1. The van der Waals surface area contributed by atoms with Gasteiger partial charge in [0.05, 0.1) is 4.08 Å². The minimum absolute atomic E-state index is 0.102. The molecule has 4 nitrogen and oxygen atoms in total. The second-order valence-corrected chi connectivity index (χ2v) is 8.87. The van der Waals surface area contributed by atoms with Crippen LogP contribution in [0.15, 0.2) is 28.8 Å². The molecule has 23 heavy (non-hydrogen) atoms. The zero-order valence-electron chi connectivity index (χ0n) is 12.9. The van der Waals surface area contributed by atoms with Crippen molar-refractivity contribution >= 4 is 35.2 Å². The lowest BCUT2D eigenvalue weighted by Gasteiger charge is -2.31. The Morgan fingerprint density at radius 1 is 1.35 bits per heavy atom. The number of carbonyl (C=O) groups excluding carboxylic acids is 1. The van der Waals surface area contributed by atoms with Gasteiger partial charge in [0.1, 0.15) is 11.6 Å². The van der Waals surface area contributed by atoms with Crippen LogP contribution in [0.2, 0.25) is 0 Å². The number of furan rings is 1. The van der Waals surface area contributed by atoms with Gasteiger partial charge in [0.2, 0.25) is 0 Å². The standard InChI is InChI=1S/C17H18N2O2S2/c1-11-14-12(5-4-7-17(14)22-9-10-23-17)21-15(11)16(20)19-13-6-2-3-8-18-13/h2-3,6,8H,4-5,7,9-10H2,1H3,(H,18,19,20). The van der Waals surface area contributed by atoms with Crippen LogP contribution in [0, 0.1) is 6.92 Å². The van der Waals surface area contributed by atoms with Crippen LogP contribution in [-0.2, 0) is 10.5 Å². The molecule has 0 atom stereocenters. The Morgan fingerprint density at radius 2 is 2.17 bits per heavy atom. The van der Waals surface area contributed by atoms with Crippen LogP contribution < -0.4 is 5.32 Å². The van der Waals surface area contributed by atoms with Crippen LogP contribution in [0.4, 0.5) is 5.82 Å². The highest BCUT2D eigenvalue weighted by molar-refractivity contribution is 8.20. The number of carbonyl (C=O) groups is 1. The number of hydrogen-bond acceptors (Lipinski definition) is 5. The minimum Gasteiger partial charge on any atom is -0.455 e. The quantitative estimate of drug-likeness (QED) is 0.883. The molecule has 4 rings (SSSR count). The highest BCUT2D eigenvalue weighted by atomic mass is 32.2. The molecule has 0 bridgehead atoms. The van der Waals surface area contributed by atoms with Crippen LogP contribution in [0.25, 0.3) is 0 Å². The van der Waals surface area contributed by atoms with Gasteiger partial charge < -0.3 is 9.73 Å². The maximum atomic E-state index is 12.6. The lowest BCUT2D eigenvalue weighted by molar-refractivity contribution is 0.0993. The monoisotopic (exact) mass is 346 g/mol. The molecule has 1 spiro atoms. The Bertz CT molecular complexity index is 737. The van der Waals surface area contributed by atoms with Gasteiger partial charge in [-0.05, 0) is 31.9 Å². The molecule has 2 aromatic heterocycles. The van der Waals surface area contributed by atoms with E-state index in [9.17, 15) is 4.79 Å². The Kier molecular flexibility index (Phi) is 3.89. The zero-order valence-corrected chi connectivity index (χ0v) is 14.6. The normalized spacial score (nSPS) is 18.8. The molecule has 1 aliphatic carbocycles. The van der Waals surface area contributed by atoms with Gasteiger partial charge in [-0.2, -0.15) is 0 Å². The van der Waals surface area contributed by atoms with E-state index in [1.54, 1.807) is 12.3 Å². The first-order valence-electron chi connectivity index (χ1n) is 7.83. The molecule has 3 heterocycles. The average molecular weight is 346 g/mol. The second-order valence-electron chi connectivity index (χ2n) is 5.83. The Hall–Kier alpha value is -1.40. The molecule has 2 aliphatic rings. The lowest BCUT2D eigenvalue weighted by Crippen LogP contribution is -2.21. The van der Waals surface area contributed by atoms with Gasteiger partial charge in [-0.3, -0.25) is 4.79 Å². The first-order chi connectivity index (χ1) is 11.2. The molecule has 2 aromatic rings. The van der Waals surface area contributed by atoms with Crippen LogP contribution >= 0.6 is 23.5 Å². The van der Waals surface area contributed by atoms with Gasteiger partial charge in [-0.25, -0.2) is 4.98 Å². The first-order valence-corrected chi connectivity index (χ1v) is 9.80. The summed E-state index contributed by atoms with van der Waals surface area (Å²) in [6.07, 6.45) is 4.88. The van der Waals surface area contributed by atoms with E-state index in [0.29, 0.717) is 11.6 Å². The summed E-state index contributed by atoms with van der Waals surface area (Å²) in [4.78, 5) is 16.7. The number of pyridine rings is 1. The Labute approximate surface area is 143 Å². The molecule has 1 amide bonds. The predicted octanol–water partition coefficient (Wildman–Crippen LogP) is 4.20. The van der Waals surface area contributed by atoms with Gasteiger partial charge in [0.15, 0.2) is 5.76 Å². The van der Waals surface area contributed by atoms with E-state index in [-0.39, 0.29) is 9.99 Å². The Balaban J connectivity index is 1.69. The highest BCUT2D eigenvalue weighted by Crippen LogP contribution is 2.59. The summed E-state index contributed by atoms with van der Waals surface area (Å²) in [5.74, 6) is 4.12. The molecule has 1 saturated heterocycles. The topological polar surface area (TPSA) is 55.1 Å². The lowest BCUT2D eigenvalue weighted by atomic mass is 9.94. The molecule has 1 N–H and O–H groups in total. The number of thioether (sulfide) groups is 2. The van der Waals surface area contributed by atoms with E-state index in [2.05, 4.69) is 10.3 Å². The van der Waals surface area contributed by atoms with E-state index in [1.165, 1.54) is 17.1 Å². The van der Waals surface area contributed by atoms with E-state index in [0.717, 1.165) is 30.6 Å². The minimum atomic E-state index is -0.209. The molecule has 120 valence electrons. The summed E-state index contributed by atoms with van der Waals surface area (Å²) in [6, 6.07) is 5.45. The van der Waals surface area contributed by atoms with Crippen molar-refractivity contribution in [2.45, 2.75) is 30.3 Å². The number of hydrogen-bond donors (Lipinski definition) is 1. The summed E-state index contributed by atoms with van der Waals surface area (Å²) in [7, 11) is 0. The number of rotatable bonds is 2. The largest absolute Gasteiger partial charge is 0.455 e. The number of anilines is 1. The van der Waals surface area contributed by atoms with Crippen molar-refractivity contribution in [3.63, 3.8) is 0 Å². The summed E-state index contributed by atoms with van der Waals surface area (Å²) >= 11 is 4.02. The van der Waals surface area contributed by atoms with E-state index < -0.39 is 0 Å². The summed E-state index contributed by atoms with van der Waals surface area (Å²) in [6.45, 7) is 2.02. The van der Waals surface area contributed by atoms with Crippen LogP contribution in [-0.4, -0.2) is 22.4 Å². The smallest absolute Gasteiger partial charge is 0.292 e.